The molecule has 1 amide bonds. The molecule has 4 N–H and O–H groups in total. The number of anilines is 1. The smallest absolute Gasteiger partial charge is 0.234 e. The number of aryl methyl sites for hydroxylation is 2. The molecule has 2 heterocycles. The van der Waals surface area contributed by atoms with Crippen LogP contribution in [0.25, 0.3) is 22.8 Å². The molecule has 31 heavy (non-hydrogen) atoms. The molecule has 4 rings (SSSR count). The number of rotatable bonds is 6. The standard InChI is InChI=1S/C21H20FN7OS/c1-12-3-4-13(2)16(9-12)24-19(30)11-31-21-28-27-20(29(21)23)18-10-17(25-26-18)14-5-7-15(22)8-6-14/h3-10H,11,23H2,1-2H3,(H,24,30)(H,25,26). The van der Waals surface area contributed by atoms with Gasteiger partial charge in [0.25, 0.3) is 0 Å². The maximum absolute atomic E-state index is 13.1. The number of aromatic nitrogens is 5. The number of benzene rings is 2. The molecule has 0 atom stereocenters. The van der Waals surface area contributed by atoms with Crippen molar-refractivity contribution in [2.24, 2.45) is 0 Å². The van der Waals surface area contributed by atoms with Crippen LogP contribution in [-0.2, 0) is 4.79 Å². The average molecular weight is 438 g/mol. The first-order valence-corrected chi connectivity index (χ1v) is 10.4. The van der Waals surface area contributed by atoms with Crippen molar-refractivity contribution in [3.63, 3.8) is 0 Å². The molecule has 0 fully saturated rings. The van der Waals surface area contributed by atoms with Gasteiger partial charge in [0.15, 0.2) is 0 Å². The van der Waals surface area contributed by atoms with Gasteiger partial charge in [-0.3, -0.25) is 9.89 Å². The normalized spacial score (nSPS) is 10.9. The quantitative estimate of drug-likeness (QED) is 0.314. The van der Waals surface area contributed by atoms with Crippen molar-refractivity contribution in [2.75, 3.05) is 16.9 Å². The van der Waals surface area contributed by atoms with Crippen molar-refractivity contribution in [3.8, 4) is 22.8 Å². The van der Waals surface area contributed by atoms with Crippen molar-refractivity contribution in [1.82, 2.24) is 25.1 Å². The van der Waals surface area contributed by atoms with Gasteiger partial charge in [0.1, 0.15) is 11.5 Å². The first-order valence-electron chi connectivity index (χ1n) is 9.43. The second-order valence-electron chi connectivity index (χ2n) is 7.01. The molecule has 0 spiro atoms. The highest BCUT2D eigenvalue weighted by Gasteiger charge is 2.16. The van der Waals surface area contributed by atoms with Crippen LogP contribution in [-0.4, -0.2) is 36.7 Å². The number of carbonyl (C=O) groups is 1. The third-order valence-electron chi connectivity index (χ3n) is 4.62. The molecule has 8 nitrogen and oxygen atoms in total. The van der Waals surface area contributed by atoms with E-state index in [4.69, 9.17) is 5.84 Å². The van der Waals surface area contributed by atoms with E-state index in [0.29, 0.717) is 22.4 Å². The van der Waals surface area contributed by atoms with Crippen molar-refractivity contribution in [2.45, 2.75) is 19.0 Å². The summed E-state index contributed by atoms with van der Waals surface area (Å²) in [6.45, 7) is 3.91. The highest BCUT2D eigenvalue weighted by Crippen LogP contribution is 2.25. The summed E-state index contributed by atoms with van der Waals surface area (Å²) >= 11 is 1.18. The number of nitrogens with zero attached hydrogens (tertiary/aromatic N) is 4. The lowest BCUT2D eigenvalue weighted by Gasteiger charge is -2.09. The van der Waals surface area contributed by atoms with E-state index in [-0.39, 0.29) is 17.5 Å². The van der Waals surface area contributed by atoms with Gasteiger partial charge >= 0.3 is 0 Å². The molecule has 0 saturated carbocycles. The van der Waals surface area contributed by atoms with Crippen molar-refractivity contribution in [3.05, 3.63) is 65.5 Å². The number of H-pyrrole nitrogens is 1. The highest BCUT2D eigenvalue weighted by atomic mass is 32.2. The number of amides is 1. The van der Waals surface area contributed by atoms with Gasteiger partial charge in [-0.05, 0) is 61.4 Å². The van der Waals surface area contributed by atoms with Crippen LogP contribution in [0.15, 0.2) is 53.7 Å². The summed E-state index contributed by atoms with van der Waals surface area (Å²) in [6, 6.07) is 13.7. The van der Waals surface area contributed by atoms with E-state index in [0.717, 1.165) is 22.4 Å². The van der Waals surface area contributed by atoms with E-state index in [1.807, 2.05) is 32.0 Å². The van der Waals surface area contributed by atoms with Crippen molar-refractivity contribution >= 4 is 23.4 Å². The zero-order chi connectivity index (χ0) is 22.0. The fourth-order valence-corrected chi connectivity index (χ4v) is 3.61. The molecule has 0 unspecified atom stereocenters. The number of nitrogens with two attached hydrogens (primary N) is 1. The van der Waals surface area contributed by atoms with Crippen LogP contribution in [0.1, 0.15) is 11.1 Å². The number of hydrogen-bond acceptors (Lipinski definition) is 6. The Balaban J connectivity index is 1.43. The maximum atomic E-state index is 13.1. The van der Waals surface area contributed by atoms with Crippen LogP contribution < -0.4 is 11.2 Å². The molecular formula is C21H20FN7OS. The first kappa shape index (κ1) is 20.6. The summed E-state index contributed by atoms with van der Waals surface area (Å²) in [6.07, 6.45) is 0. The summed E-state index contributed by atoms with van der Waals surface area (Å²) in [5, 5.41) is 18.6. The van der Waals surface area contributed by atoms with E-state index in [1.54, 1.807) is 18.2 Å². The van der Waals surface area contributed by atoms with Crippen LogP contribution in [0.2, 0.25) is 0 Å². The van der Waals surface area contributed by atoms with Gasteiger partial charge in [-0.2, -0.15) is 5.10 Å². The van der Waals surface area contributed by atoms with Gasteiger partial charge in [0.05, 0.1) is 11.4 Å². The van der Waals surface area contributed by atoms with E-state index in [1.165, 1.54) is 28.6 Å². The number of hydrogen-bond donors (Lipinski definition) is 3. The summed E-state index contributed by atoms with van der Waals surface area (Å²) in [5.41, 5.74) is 4.78. The van der Waals surface area contributed by atoms with Gasteiger partial charge in [0, 0.05) is 11.3 Å². The number of aromatic amines is 1. The third-order valence-corrected chi connectivity index (χ3v) is 5.57. The predicted octanol–water partition coefficient (Wildman–Crippen LogP) is 3.54. The Morgan fingerprint density at radius 3 is 2.71 bits per heavy atom. The van der Waals surface area contributed by atoms with Crippen LogP contribution >= 0.6 is 11.8 Å². The van der Waals surface area contributed by atoms with Crippen LogP contribution in [0.4, 0.5) is 10.1 Å². The molecule has 2 aromatic heterocycles. The highest BCUT2D eigenvalue weighted by molar-refractivity contribution is 7.99. The minimum atomic E-state index is -0.315. The Kier molecular flexibility index (Phi) is 5.72. The van der Waals surface area contributed by atoms with E-state index in [2.05, 4.69) is 25.7 Å². The van der Waals surface area contributed by atoms with Gasteiger partial charge in [-0.25, -0.2) is 9.07 Å². The molecule has 0 aliphatic rings. The number of thioether (sulfide) groups is 1. The number of carbonyl (C=O) groups excluding carboxylic acids is 1. The molecule has 0 bridgehead atoms. The summed E-state index contributed by atoms with van der Waals surface area (Å²) < 4.78 is 14.4. The summed E-state index contributed by atoms with van der Waals surface area (Å²) in [5.74, 6) is 6.15. The van der Waals surface area contributed by atoms with E-state index in [9.17, 15) is 9.18 Å². The van der Waals surface area contributed by atoms with Gasteiger partial charge in [0.2, 0.25) is 16.9 Å². The molecule has 0 saturated heterocycles. The Labute approximate surface area is 182 Å². The molecule has 0 aliphatic carbocycles. The summed E-state index contributed by atoms with van der Waals surface area (Å²) in [7, 11) is 0. The van der Waals surface area contributed by atoms with E-state index < -0.39 is 0 Å². The largest absolute Gasteiger partial charge is 0.335 e. The molecule has 10 heteroatoms. The monoisotopic (exact) mass is 437 g/mol. The third kappa shape index (κ3) is 4.58. The predicted molar refractivity (Wildman–Crippen MR) is 118 cm³/mol. The van der Waals surface area contributed by atoms with E-state index >= 15 is 0 Å². The molecule has 158 valence electrons. The average Bonchev–Trinajstić information content (AvgIpc) is 3.36. The van der Waals surface area contributed by atoms with Crippen molar-refractivity contribution in [1.29, 1.82) is 0 Å². The molecule has 0 radical (unpaired) electrons. The van der Waals surface area contributed by atoms with Gasteiger partial charge < -0.3 is 11.2 Å². The Hall–Kier alpha value is -3.66. The number of nitrogen functional groups attached to an aromatic ring is 1. The first-order chi connectivity index (χ1) is 14.9. The molecular weight excluding hydrogens is 417 g/mol. The van der Waals surface area contributed by atoms with Crippen LogP contribution in [0.3, 0.4) is 0 Å². The van der Waals surface area contributed by atoms with Gasteiger partial charge in [-0.1, -0.05) is 23.9 Å². The molecule has 0 aliphatic heterocycles. The fraction of sp³-hybridized carbons (Fsp3) is 0.143. The zero-order valence-corrected chi connectivity index (χ0v) is 17.7. The Morgan fingerprint density at radius 2 is 1.94 bits per heavy atom. The number of nitrogens with one attached hydrogen (secondary N) is 2. The lowest BCUT2D eigenvalue weighted by atomic mass is 10.1. The Bertz CT molecular complexity index is 1230. The second-order valence-corrected chi connectivity index (χ2v) is 7.95. The lowest BCUT2D eigenvalue weighted by Crippen LogP contribution is -2.17. The SMILES string of the molecule is Cc1ccc(C)c(NC(=O)CSc2nnc(-c3cc(-c4ccc(F)cc4)n[nH]3)n2N)c1. The van der Waals surface area contributed by atoms with Gasteiger partial charge in [-0.15, -0.1) is 10.2 Å². The second kappa shape index (κ2) is 8.60. The minimum Gasteiger partial charge on any atom is -0.335 e. The maximum Gasteiger partial charge on any atom is 0.234 e. The lowest BCUT2D eigenvalue weighted by molar-refractivity contribution is -0.113. The fourth-order valence-electron chi connectivity index (χ4n) is 2.95. The molecule has 2 aromatic carbocycles. The Morgan fingerprint density at radius 1 is 1.16 bits per heavy atom. The van der Waals surface area contributed by atoms with Crippen LogP contribution in [0.5, 0.6) is 0 Å². The summed E-state index contributed by atoms with van der Waals surface area (Å²) in [4.78, 5) is 12.3. The topological polar surface area (TPSA) is 115 Å². The zero-order valence-electron chi connectivity index (χ0n) is 16.9. The minimum absolute atomic E-state index is 0.131. The van der Waals surface area contributed by atoms with Crippen LogP contribution in [0, 0.1) is 19.7 Å². The number of halogens is 1. The molecule has 4 aromatic rings. The van der Waals surface area contributed by atoms with Crippen molar-refractivity contribution < 1.29 is 9.18 Å².